The molecule has 42 heavy (non-hydrogen) atoms. The van der Waals surface area contributed by atoms with Crippen LogP contribution >= 0.6 is 0 Å². The van der Waals surface area contributed by atoms with Crippen molar-refractivity contribution in [3.8, 4) is 17.2 Å². The molecule has 0 bridgehead atoms. The van der Waals surface area contributed by atoms with Crippen LogP contribution in [0.2, 0.25) is 0 Å². The number of ether oxygens (including phenoxy) is 4. The lowest BCUT2D eigenvalue weighted by Crippen LogP contribution is -2.38. The fourth-order valence-corrected chi connectivity index (χ4v) is 5.94. The highest BCUT2D eigenvalue weighted by Crippen LogP contribution is 2.49. The maximum Gasteiger partial charge on any atom is 0.315 e. The number of allylic oxidation sites excluding steroid dienone is 2. The quantitative estimate of drug-likeness (QED) is 0.250. The third-order valence-electron chi connectivity index (χ3n) is 7.96. The molecule has 0 aromatic heterocycles. The van der Waals surface area contributed by atoms with Gasteiger partial charge in [0.1, 0.15) is 18.3 Å². The number of methoxy groups -OCH3 is 2. The zero-order valence-corrected chi connectivity index (χ0v) is 24.6. The Morgan fingerprint density at radius 1 is 0.905 bits per heavy atom. The molecule has 3 atom stereocenters. The number of esters is 1. The molecule has 0 N–H and O–H groups in total. The summed E-state index contributed by atoms with van der Waals surface area (Å²) in [5, 5.41) is 0. The number of ketones is 1. The largest absolute Gasteiger partial charge is 0.493 e. The van der Waals surface area contributed by atoms with Gasteiger partial charge in [-0.2, -0.15) is 0 Å². The second kappa shape index (κ2) is 13.1. The molecule has 218 valence electrons. The summed E-state index contributed by atoms with van der Waals surface area (Å²) < 4.78 is 22.9. The van der Waals surface area contributed by atoms with E-state index >= 15 is 0 Å². The number of rotatable bonds is 10. The van der Waals surface area contributed by atoms with Crippen LogP contribution in [0.15, 0.2) is 89.1 Å². The van der Waals surface area contributed by atoms with Gasteiger partial charge in [-0.25, -0.2) is 0 Å². The minimum absolute atomic E-state index is 0.0246. The van der Waals surface area contributed by atoms with Crippen molar-refractivity contribution in [3.63, 3.8) is 0 Å². The maximum absolute atomic E-state index is 14.1. The number of carbonyl (C=O) groups excluding carboxylic acids is 2. The van der Waals surface area contributed by atoms with Gasteiger partial charge in [-0.15, -0.1) is 0 Å². The first-order chi connectivity index (χ1) is 20.4. The first-order valence-corrected chi connectivity index (χ1v) is 14.4. The lowest BCUT2D eigenvalue weighted by atomic mass is 9.69. The SMILES string of the molecule is CCCOC(=O)C1C(C)=NC2=C(C(=O)C[C@H](c3ccc(OC)c(OC)c3)C2)[C@@H]1c1ccccc1OCc1ccccc1. The molecule has 0 fully saturated rings. The van der Waals surface area contributed by atoms with Gasteiger partial charge in [-0.3, -0.25) is 14.6 Å². The van der Waals surface area contributed by atoms with Gasteiger partial charge in [0, 0.05) is 34.9 Å². The summed E-state index contributed by atoms with van der Waals surface area (Å²) in [5.41, 5.74) is 4.72. The molecule has 1 heterocycles. The molecule has 7 heteroatoms. The number of hydrogen-bond acceptors (Lipinski definition) is 7. The Balaban J connectivity index is 1.55. The summed E-state index contributed by atoms with van der Waals surface area (Å²) in [5.74, 6) is 0.122. The molecule has 0 saturated carbocycles. The van der Waals surface area contributed by atoms with E-state index in [1.165, 1.54) is 0 Å². The fraction of sp³-hybridized carbons (Fsp3) is 0.343. The van der Waals surface area contributed by atoms with Gasteiger partial charge >= 0.3 is 5.97 Å². The molecule has 1 aliphatic carbocycles. The van der Waals surface area contributed by atoms with Crippen LogP contribution in [0.1, 0.15) is 61.6 Å². The smallest absolute Gasteiger partial charge is 0.315 e. The summed E-state index contributed by atoms with van der Waals surface area (Å²) in [6, 6.07) is 23.3. The first-order valence-electron chi connectivity index (χ1n) is 14.4. The van der Waals surface area contributed by atoms with Gasteiger partial charge < -0.3 is 18.9 Å². The van der Waals surface area contributed by atoms with Crippen molar-refractivity contribution in [2.45, 2.75) is 51.6 Å². The Morgan fingerprint density at radius 2 is 1.64 bits per heavy atom. The number of Topliss-reactive ketones (excluding diaryl/α,β-unsaturated/α-hetero) is 1. The van der Waals surface area contributed by atoms with Gasteiger partial charge in [-0.05, 0) is 55.0 Å². The molecule has 0 radical (unpaired) electrons. The summed E-state index contributed by atoms with van der Waals surface area (Å²) >= 11 is 0. The number of hydrogen-bond donors (Lipinski definition) is 0. The van der Waals surface area contributed by atoms with E-state index in [0.717, 1.165) is 16.7 Å². The second-order valence-corrected chi connectivity index (χ2v) is 10.7. The van der Waals surface area contributed by atoms with E-state index in [2.05, 4.69) is 0 Å². The van der Waals surface area contributed by atoms with E-state index in [4.69, 9.17) is 23.9 Å². The van der Waals surface area contributed by atoms with Gasteiger partial charge in [0.2, 0.25) is 0 Å². The van der Waals surface area contributed by atoms with Crippen LogP contribution < -0.4 is 14.2 Å². The van der Waals surface area contributed by atoms with E-state index in [9.17, 15) is 9.59 Å². The number of benzene rings is 3. The van der Waals surface area contributed by atoms with Crippen molar-refractivity contribution in [3.05, 3.63) is 101 Å². The summed E-state index contributed by atoms with van der Waals surface area (Å²) in [7, 11) is 3.20. The van der Waals surface area contributed by atoms with Crippen LogP contribution in [-0.4, -0.2) is 38.3 Å². The normalized spacial score (nSPS) is 20.0. The highest BCUT2D eigenvalue weighted by molar-refractivity contribution is 6.09. The Morgan fingerprint density at radius 3 is 2.38 bits per heavy atom. The Labute approximate surface area is 247 Å². The Bertz CT molecular complexity index is 1510. The molecule has 5 rings (SSSR count). The Hall–Kier alpha value is -4.39. The molecule has 2 aliphatic rings. The summed E-state index contributed by atoms with van der Waals surface area (Å²) in [6.07, 6.45) is 1.56. The number of carbonyl (C=O) groups is 2. The van der Waals surface area contributed by atoms with Crippen LogP contribution in [0.3, 0.4) is 0 Å². The minimum atomic E-state index is -0.724. The third-order valence-corrected chi connectivity index (χ3v) is 7.96. The third kappa shape index (κ3) is 5.96. The van der Waals surface area contributed by atoms with E-state index < -0.39 is 11.8 Å². The lowest BCUT2D eigenvalue weighted by molar-refractivity contribution is -0.146. The fourth-order valence-electron chi connectivity index (χ4n) is 5.94. The van der Waals surface area contributed by atoms with Crippen LogP contribution in [0.25, 0.3) is 0 Å². The van der Waals surface area contributed by atoms with Gasteiger partial charge in [0.15, 0.2) is 17.3 Å². The number of aliphatic imine (C=N–C) groups is 1. The van der Waals surface area contributed by atoms with Crippen molar-refractivity contribution >= 4 is 17.5 Å². The maximum atomic E-state index is 14.1. The zero-order valence-electron chi connectivity index (χ0n) is 24.6. The van der Waals surface area contributed by atoms with Crippen molar-refractivity contribution in [1.29, 1.82) is 0 Å². The average molecular weight is 568 g/mol. The molecule has 0 spiro atoms. The highest BCUT2D eigenvalue weighted by atomic mass is 16.5. The van der Waals surface area contributed by atoms with Gasteiger partial charge in [0.05, 0.1) is 20.8 Å². The van der Waals surface area contributed by atoms with E-state index in [1.54, 1.807) is 14.2 Å². The van der Waals surface area contributed by atoms with Crippen LogP contribution in [0.5, 0.6) is 17.2 Å². The van der Waals surface area contributed by atoms with Crippen molar-refractivity contribution < 1.29 is 28.5 Å². The standard InChI is InChI=1S/C35H37NO6/c1-5-17-41-35(38)32-22(2)36-27-18-25(24-15-16-30(39-3)31(20-24)40-4)19-28(37)34(27)33(32)26-13-9-10-14-29(26)42-21-23-11-7-6-8-12-23/h6-16,20,25,32-33H,5,17-19,21H2,1-4H3/t25-,32?,33-/m1/s1. The molecular formula is C35H37NO6. The number of nitrogens with zero attached hydrogens (tertiary/aromatic N) is 1. The molecule has 0 saturated heterocycles. The molecular weight excluding hydrogens is 530 g/mol. The predicted molar refractivity (Wildman–Crippen MR) is 161 cm³/mol. The van der Waals surface area contributed by atoms with Gasteiger partial charge in [-0.1, -0.05) is 61.5 Å². The van der Waals surface area contributed by atoms with Crippen LogP contribution in [0, 0.1) is 5.92 Å². The molecule has 3 aromatic carbocycles. The lowest BCUT2D eigenvalue weighted by Gasteiger charge is -2.37. The highest BCUT2D eigenvalue weighted by Gasteiger charge is 2.45. The summed E-state index contributed by atoms with van der Waals surface area (Å²) in [6.45, 7) is 4.48. The Kier molecular flexibility index (Phi) is 9.06. The molecule has 3 aromatic rings. The average Bonchev–Trinajstić information content (AvgIpc) is 3.02. The molecule has 0 amide bonds. The van der Waals surface area contributed by atoms with Crippen LogP contribution in [0.4, 0.5) is 0 Å². The van der Waals surface area contributed by atoms with Crippen LogP contribution in [-0.2, 0) is 20.9 Å². The van der Waals surface area contributed by atoms with Crippen molar-refractivity contribution in [2.75, 3.05) is 20.8 Å². The zero-order chi connectivity index (χ0) is 29.6. The summed E-state index contributed by atoms with van der Waals surface area (Å²) in [4.78, 5) is 32.5. The minimum Gasteiger partial charge on any atom is -0.493 e. The number of para-hydroxylation sites is 1. The molecule has 1 aliphatic heterocycles. The molecule has 7 nitrogen and oxygen atoms in total. The van der Waals surface area contributed by atoms with E-state index in [0.29, 0.717) is 66.7 Å². The molecule has 1 unspecified atom stereocenters. The van der Waals surface area contributed by atoms with Crippen molar-refractivity contribution in [2.24, 2.45) is 10.9 Å². The van der Waals surface area contributed by atoms with E-state index in [1.807, 2.05) is 86.6 Å². The monoisotopic (exact) mass is 567 g/mol. The van der Waals surface area contributed by atoms with E-state index in [-0.39, 0.29) is 17.7 Å². The topological polar surface area (TPSA) is 83.4 Å². The first kappa shape index (κ1) is 29.1. The second-order valence-electron chi connectivity index (χ2n) is 10.7. The van der Waals surface area contributed by atoms with Crippen molar-refractivity contribution in [1.82, 2.24) is 0 Å². The predicted octanol–water partition coefficient (Wildman–Crippen LogP) is 6.81. The van der Waals surface area contributed by atoms with Gasteiger partial charge in [0.25, 0.3) is 0 Å².